The Labute approximate surface area is 133 Å². The topological polar surface area (TPSA) is 73.7 Å². The number of amides is 1. The SMILES string of the molecule is C[C@@H](Nc1cccc(Cl)c1)C(=O)N/N=C\c1ccc(O)cc1. The second-order valence-corrected chi connectivity index (χ2v) is 5.14. The summed E-state index contributed by atoms with van der Waals surface area (Å²) in [6, 6.07) is 13.2. The maximum Gasteiger partial charge on any atom is 0.262 e. The fourth-order valence-electron chi connectivity index (χ4n) is 1.72. The highest BCUT2D eigenvalue weighted by atomic mass is 35.5. The van der Waals surface area contributed by atoms with E-state index in [0.717, 1.165) is 11.3 Å². The Kier molecular flexibility index (Phi) is 5.38. The minimum Gasteiger partial charge on any atom is -0.508 e. The number of benzene rings is 2. The zero-order chi connectivity index (χ0) is 15.9. The number of rotatable bonds is 5. The quantitative estimate of drug-likeness (QED) is 0.586. The lowest BCUT2D eigenvalue weighted by Gasteiger charge is -2.13. The molecule has 0 saturated carbocycles. The molecule has 0 saturated heterocycles. The molecule has 0 unspecified atom stereocenters. The number of hydrazone groups is 1. The molecule has 1 atom stereocenters. The number of phenols is 1. The van der Waals surface area contributed by atoms with Gasteiger partial charge in [0.2, 0.25) is 0 Å². The van der Waals surface area contributed by atoms with Crippen molar-refractivity contribution >= 4 is 29.4 Å². The zero-order valence-electron chi connectivity index (χ0n) is 12.0. The molecule has 0 aliphatic heterocycles. The van der Waals surface area contributed by atoms with Crippen molar-refractivity contribution in [3.63, 3.8) is 0 Å². The molecule has 6 heteroatoms. The van der Waals surface area contributed by atoms with Gasteiger partial charge in [-0.2, -0.15) is 5.10 Å². The van der Waals surface area contributed by atoms with Crippen LogP contribution in [0.25, 0.3) is 0 Å². The van der Waals surface area contributed by atoms with Crippen LogP contribution in [0.4, 0.5) is 5.69 Å². The number of anilines is 1. The molecule has 5 nitrogen and oxygen atoms in total. The molecule has 0 fully saturated rings. The molecule has 114 valence electrons. The van der Waals surface area contributed by atoms with E-state index in [1.807, 2.05) is 6.07 Å². The normalized spacial score (nSPS) is 12.1. The highest BCUT2D eigenvalue weighted by Crippen LogP contribution is 2.15. The van der Waals surface area contributed by atoms with Crippen molar-refractivity contribution < 1.29 is 9.90 Å². The molecule has 0 radical (unpaired) electrons. The van der Waals surface area contributed by atoms with Gasteiger partial charge in [0.25, 0.3) is 5.91 Å². The molecule has 2 aromatic rings. The summed E-state index contributed by atoms with van der Waals surface area (Å²) in [5.74, 6) is -0.0875. The van der Waals surface area contributed by atoms with Gasteiger partial charge in [-0.1, -0.05) is 17.7 Å². The van der Waals surface area contributed by atoms with E-state index < -0.39 is 6.04 Å². The van der Waals surface area contributed by atoms with Crippen LogP contribution in [0.5, 0.6) is 5.75 Å². The first kappa shape index (κ1) is 15.9. The summed E-state index contributed by atoms with van der Waals surface area (Å²) in [5, 5.41) is 16.7. The Morgan fingerprint density at radius 3 is 2.68 bits per heavy atom. The van der Waals surface area contributed by atoms with Crippen LogP contribution in [0, 0.1) is 0 Å². The average molecular weight is 318 g/mol. The number of hydrogen-bond acceptors (Lipinski definition) is 4. The zero-order valence-corrected chi connectivity index (χ0v) is 12.7. The number of aromatic hydroxyl groups is 1. The molecule has 2 aromatic carbocycles. The van der Waals surface area contributed by atoms with Crippen LogP contribution >= 0.6 is 11.6 Å². The molecule has 22 heavy (non-hydrogen) atoms. The van der Waals surface area contributed by atoms with Crippen molar-refractivity contribution in [2.24, 2.45) is 5.10 Å². The molecule has 1 amide bonds. The third kappa shape index (κ3) is 4.79. The first-order chi connectivity index (χ1) is 10.5. The number of carbonyl (C=O) groups is 1. The van der Waals surface area contributed by atoms with E-state index >= 15 is 0 Å². The van der Waals surface area contributed by atoms with E-state index in [4.69, 9.17) is 11.6 Å². The maximum atomic E-state index is 11.9. The van der Waals surface area contributed by atoms with Gasteiger partial charge in [-0.15, -0.1) is 0 Å². The second-order valence-electron chi connectivity index (χ2n) is 4.70. The third-order valence-corrected chi connectivity index (χ3v) is 3.12. The standard InChI is InChI=1S/C16H16ClN3O2/c1-11(19-14-4-2-3-13(17)9-14)16(22)20-18-10-12-5-7-15(21)8-6-12/h2-11,19,21H,1H3,(H,20,22)/b18-10-/t11-/m1/s1. The molecular weight excluding hydrogens is 302 g/mol. The van der Waals surface area contributed by atoms with Crippen molar-refractivity contribution in [1.29, 1.82) is 0 Å². The number of carbonyl (C=O) groups excluding carboxylic acids is 1. The van der Waals surface area contributed by atoms with Crippen molar-refractivity contribution in [2.75, 3.05) is 5.32 Å². The second kappa shape index (κ2) is 7.47. The lowest BCUT2D eigenvalue weighted by molar-refractivity contribution is -0.121. The van der Waals surface area contributed by atoms with Gasteiger partial charge in [-0.3, -0.25) is 4.79 Å². The predicted molar refractivity (Wildman–Crippen MR) is 88.4 cm³/mol. The Morgan fingerprint density at radius 2 is 2.00 bits per heavy atom. The molecule has 2 rings (SSSR count). The van der Waals surface area contributed by atoms with Gasteiger partial charge in [0.05, 0.1) is 6.21 Å². The van der Waals surface area contributed by atoms with Crippen LogP contribution < -0.4 is 10.7 Å². The van der Waals surface area contributed by atoms with E-state index in [-0.39, 0.29) is 11.7 Å². The molecule has 0 aliphatic carbocycles. The molecule has 3 N–H and O–H groups in total. The summed E-state index contributed by atoms with van der Waals surface area (Å²) in [7, 11) is 0. The molecule has 0 spiro atoms. The molecule has 0 heterocycles. The number of phenolic OH excluding ortho intramolecular Hbond substituents is 1. The Balaban J connectivity index is 1.87. The lowest BCUT2D eigenvalue weighted by atomic mass is 10.2. The summed E-state index contributed by atoms with van der Waals surface area (Å²) in [6.07, 6.45) is 1.50. The molecule has 0 aliphatic rings. The first-order valence-electron chi connectivity index (χ1n) is 6.68. The summed E-state index contributed by atoms with van der Waals surface area (Å²) >= 11 is 5.89. The van der Waals surface area contributed by atoms with Crippen LogP contribution in [0.2, 0.25) is 5.02 Å². The van der Waals surface area contributed by atoms with Gasteiger partial charge in [0.15, 0.2) is 0 Å². The van der Waals surface area contributed by atoms with Gasteiger partial charge < -0.3 is 10.4 Å². The average Bonchev–Trinajstić information content (AvgIpc) is 2.49. The molecular formula is C16H16ClN3O2. The Bertz CT molecular complexity index is 671. The minimum absolute atomic E-state index is 0.181. The van der Waals surface area contributed by atoms with Crippen molar-refractivity contribution in [2.45, 2.75) is 13.0 Å². The van der Waals surface area contributed by atoms with E-state index in [9.17, 15) is 9.90 Å². The molecule has 0 bridgehead atoms. The fraction of sp³-hybridized carbons (Fsp3) is 0.125. The summed E-state index contributed by atoms with van der Waals surface area (Å²) in [6.45, 7) is 1.73. The Morgan fingerprint density at radius 1 is 1.27 bits per heavy atom. The number of halogens is 1. The van der Waals surface area contributed by atoms with Crippen molar-refractivity contribution in [3.8, 4) is 5.75 Å². The highest BCUT2D eigenvalue weighted by Gasteiger charge is 2.11. The van der Waals surface area contributed by atoms with Crippen LogP contribution in [0.3, 0.4) is 0 Å². The van der Waals surface area contributed by atoms with Gasteiger partial charge in [0.1, 0.15) is 11.8 Å². The highest BCUT2D eigenvalue weighted by molar-refractivity contribution is 6.30. The van der Waals surface area contributed by atoms with E-state index in [0.29, 0.717) is 5.02 Å². The van der Waals surface area contributed by atoms with Crippen LogP contribution in [-0.2, 0) is 4.79 Å². The number of nitrogens with one attached hydrogen (secondary N) is 2. The van der Waals surface area contributed by atoms with Gasteiger partial charge >= 0.3 is 0 Å². The van der Waals surface area contributed by atoms with Crippen molar-refractivity contribution in [1.82, 2.24) is 5.43 Å². The monoisotopic (exact) mass is 317 g/mol. The van der Waals surface area contributed by atoms with Crippen LogP contribution in [0.1, 0.15) is 12.5 Å². The van der Waals surface area contributed by atoms with E-state index in [2.05, 4.69) is 15.8 Å². The van der Waals surface area contributed by atoms with Gasteiger partial charge in [-0.25, -0.2) is 5.43 Å². The predicted octanol–water partition coefficient (Wildman–Crippen LogP) is 3.00. The van der Waals surface area contributed by atoms with Gasteiger partial charge in [-0.05, 0) is 55.0 Å². The lowest BCUT2D eigenvalue weighted by Crippen LogP contribution is -2.34. The first-order valence-corrected chi connectivity index (χ1v) is 7.06. The summed E-state index contributed by atoms with van der Waals surface area (Å²) in [5.41, 5.74) is 3.99. The minimum atomic E-state index is -0.463. The Hall–Kier alpha value is -2.53. The summed E-state index contributed by atoms with van der Waals surface area (Å²) in [4.78, 5) is 11.9. The van der Waals surface area contributed by atoms with Crippen molar-refractivity contribution in [3.05, 3.63) is 59.1 Å². The van der Waals surface area contributed by atoms with Crippen LogP contribution in [-0.4, -0.2) is 23.3 Å². The van der Waals surface area contributed by atoms with Crippen LogP contribution in [0.15, 0.2) is 53.6 Å². The maximum absolute atomic E-state index is 11.9. The molecule has 0 aromatic heterocycles. The summed E-state index contributed by atoms with van der Waals surface area (Å²) < 4.78 is 0. The largest absolute Gasteiger partial charge is 0.508 e. The van der Waals surface area contributed by atoms with E-state index in [1.54, 1.807) is 49.4 Å². The third-order valence-electron chi connectivity index (χ3n) is 2.88. The van der Waals surface area contributed by atoms with Gasteiger partial charge in [0, 0.05) is 10.7 Å². The fourth-order valence-corrected chi connectivity index (χ4v) is 1.91. The number of hydrogen-bond donors (Lipinski definition) is 3. The smallest absolute Gasteiger partial charge is 0.262 e. The van der Waals surface area contributed by atoms with E-state index in [1.165, 1.54) is 6.21 Å². The number of nitrogens with zero attached hydrogens (tertiary/aromatic N) is 1.